The number of hydrogen-bond donors (Lipinski definition) is 1. The zero-order valence-corrected chi connectivity index (χ0v) is 10.6. The fourth-order valence-electron chi connectivity index (χ4n) is 2.24. The van der Waals surface area contributed by atoms with Crippen molar-refractivity contribution in [3.05, 3.63) is 0 Å². The number of piperazine rings is 1. The van der Waals surface area contributed by atoms with Gasteiger partial charge in [-0.3, -0.25) is 9.59 Å². The summed E-state index contributed by atoms with van der Waals surface area (Å²) in [6.45, 7) is 5.50. The number of nitrogens with one attached hydrogen (secondary N) is 1. The summed E-state index contributed by atoms with van der Waals surface area (Å²) in [6.07, 6.45) is 0.977. The topological polar surface area (TPSA) is 52.7 Å². The van der Waals surface area contributed by atoms with Crippen LogP contribution in [0.1, 0.15) is 13.3 Å². The predicted molar refractivity (Wildman–Crippen MR) is 64.4 cm³/mol. The molecule has 2 rings (SSSR count). The summed E-state index contributed by atoms with van der Waals surface area (Å²) >= 11 is 0. The molecule has 0 spiro atoms. The smallest absolute Gasteiger partial charge is 0.242 e. The molecule has 2 aliphatic rings. The molecule has 0 aromatic carbocycles. The van der Waals surface area contributed by atoms with E-state index in [2.05, 4.69) is 12.2 Å². The lowest BCUT2D eigenvalue weighted by atomic mass is 10.3. The largest absolute Gasteiger partial charge is 0.339 e. The lowest BCUT2D eigenvalue weighted by molar-refractivity contribution is -0.140. The second kappa shape index (κ2) is 5.04. The van der Waals surface area contributed by atoms with E-state index in [0.717, 1.165) is 32.6 Å². The first-order valence-electron chi connectivity index (χ1n) is 6.33. The van der Waals surface area contributed by atoms with Crippen molar-refractivity contribution in [2.24, 2.45) is 11.8 Å². The summed E-state index contributed by atoms with van der Waals surface area (Å²) in [7, 11) is 1.73. The first-order chi connectivity index (χ1) is 8.09. The summed E-state index contributed by atoms with van der Waals surface area (Å²) in [5.74, 6) is 0.853. The van der Waals surface area contributed by atoms with Crippen LogP contribution in [0.15, 0.2) is 0 Å². The number of carbonyl (C=O) groups is 2. The fourth-order valence-corrected chi connectivity index (χ4v) is 2.24. The Morgan fingerprint density at radius 1 is 1.35 bits per heavy atom. The first-order valence-corrected chi connectivity index (χ1v) is 6.33. The quantitative estimate of drug-likeness (QED) is 0.724. The van der Waals surface area contributed by atoms with E-state index < -0.39 is 0 Å². The number of hydrogen-bond acceptors (Lipinski definition) is 3. The van der Waals surface area contributed by atoms with E-state index in [4.69, 9.17) is 0 Å². The molecule has 1 heterocycles. The summed E-state index contributed by atoms with van der Waals surface area (Å²) < 4.78 is 0. The van der Waals surface area contributed by atoms with Gasteiger partial charge in [0.15, 0.2) is 0 Å². The Balaban J connectivity index is 1.79. The number of nitrogens with zero attached hydrogens (tertiary/aromatic N) is 2. The van der Waals surface area contributed by atoms with Gasteiger partial charge in [-0.15, -0.1) is 0 Å². The van der Waals surface area contributed by atoms with Crippen molar-refractivity contribution in [1.29, 1.82) is 0 Å². The second-order valence-corrected chi connectivity index (χ2v) is 5.14. The van der Waals surface area contributed by atoms with Gasteiger partial charge < -0.3 is 15.1 Å². The Morgan fingerprint density at radius 2 is 1.94 bits per heavy atom. The summed E-state index contributed by atoms with van der Waals surface area (Å²) in [4.78, 5) is 27.2. The Morgan fingerprint density at radius 3 is 2.47 bits per heavy atom. The van der Waals surface area contributed by atoms with Gasteiger partial charge in [-0.1, -0.05) is 6.92 Å². The van der Waals surface area contributed by atoms with Crippen LogP contribution in [0.3, 0.4) is 0 Å². The van der Waals surface area contributed by atoms with Crippen molar-refractivity contribution in [3.63, 3.8) is 0 Å². The maximum atomic E-state index is 11.9. The molecule has 2 atom stereocenters. The molecule has 1 saturated heterocycles. The molecule has 1 saturated carbocycles. The van der Waals surface area contributed by atoms with Crippen molar-refractivity contribution in [1.82, 2.24) is 15.1 Å². The first kappa shape index (κ1) is 12.4. The predicted octanol–water partition coefficient (Wildman–Crippen LogP) is -0.467. The van der Waals surface area contributed by atoms with Gasteiger partial charge in [0, 0.05) is 39.1 Å². The molecule has 2 unspecified atom stereocenters. The molecule has 1 aliphatic carbocycles. The van der Waals surface area contributed by atoms with Crippen LogP contribution in [-0.2, 0) is 9.59 Å². The number of amides is 2. The van der Waals surface area contributed by atoms with Crippen molar-refractivity contribution >= 4 is 11.8 Å². The van der Waals surface area contributed by atoms with E-state index in [1.807, 2.05) is 4.90 Å². The maximum absolute atomic E-state index is 11.9. The Labute approximate surface area is 102 Å². The highest BCUT2D eigenvalue weighted by molar-refractivity contribution is 5.87. The number of carbonyl (C=O) groups excluding carboxylic acids is 2. The van der Waals surface area contributed by atoms with Crippen LogP contribution >= 0.6 is 0 Å². The molecule has 0 aromatic rings. The van der Waals surface area contributed by atoms with E-state index in [9.17, 15) is 9.59 Å². The highest BCUT2D eigenvalue weighted by Gasteiger charge is 2.41. The third-order valence-corrected chi connectivity index (χ3v) is 3.65. The average molecular weight is 239 g/mol. The summed E-state index contributed by atoms with van der Waals surface area (Å²) in [5.41, 5.74) is 0. The molecule has 2 amide bonds. The van der Waals surface area contributed by atoms with Gasteiger partial charge >= 0.3 is 0 Å². The SMILES string of the molecule is CC1CC1C(=O)N(C)CC(=O)N1CCNCC1. The third kappa shape index (κ3) is 2.97. The lowest BCUT2D eigenvalue weighted by Crippen LogP contribution is -2.50. The molecule has 0 radical (unpaired) electrons. The number of likely N-dealkylation sites (N-methyl/N-ethyl adjacent to an activating group) is 1. The highest BCUT2D eigenvalue weighted by atomic mass is 16.2. The molecular formula is C12H21N3O2. The van der Waals surface area contributed by atoms with E-state index in [1.54, 1.807) is 11.9 Å². The molecular weight excluding hydrogens is 218 g/mol. The molecule has 0 aromatic heterocycles. The average Bonchev–Trinajstić information content (AvgIpc) is 3.06. The summed E-state index contributed by atoms with van der Waals surface area (Å²) in [5, 5.41) is 3.21. The van der Waals surface area contributed by atoms with Gasteiger partial charge in [-0.05, 0) is 12.3 Å². The Kier molecular flexibility index (Phi) is 3.66. The number of rotatable bonds is 3. The van der Waals surface area contributed by atoms with Gasteiger partial charge in [0.25, 0.3) is 0 Å². The minimum absolute atomic E-state index is 0.0654. The molecule has 96 valence electrons. The maximum Gasteiger partial charge on any atom is 0.242 e. The van der Waals surface area contributed by atoms with Gasteiger partial charge in [-0.2, -0.15) is 0 Å². The molecule has 17 heavy (non-hydrogen) atoms. The molecule has 1 N–H and O–H groups in total. The van der Waals surface area contributed by atoms with Gasteiger partial charge in [0.1, 0.15) is 0 Å². The van der Waals surface area contributed by atoms with Crippen molar-refractivity contribution in [2.45, 2.75) is 13.3 Å². The van der Waals surface area contributed by atoms with Crippen LogP contribution in [0.4, 0.5) is 0 Å². The van der Waals surface area contributed by atoms with Crippen molar-refractivity contribution < 1.29 is 9.59 Å². The zero-order chi connectivity index (χ0) is 12.4. The minimum atomic E-state index is 0.0654. The minimum Gasteiger partial charge on any atom is -0.339 e. The van der Waals surface area contributed by atoms with Crippen LogP contribution in [0.25, 0.3) is 0 Å². The third-order valence-electron chi connectivity index (χ3n) is 3.65. The van der Waals surface area contributed by atoms with Gasteiger partial charge in [0.05, 0.1) is 6.54 Å². The molecule has 1 aliphatic heterocycles. The molecule has 0 bridgehead atoms. The van der Waals surface area contributed by atoms with Gasteiger partial charge in [-0.25, -0.2) is 0 Å². The lowest BCUT2D eigenvalue weighted by Gasteiger charge is -2.29. The molecule has 2 fully saturated rings. The monoisotopic (exact) mass is 239 g/mol. The standard InChI is InChI=1S/C12H21N3O2/c1-9-7-10(9)12(17)14(2)8-11(16)15-5-3-13-4-6-15/h9-10,13H,3-8H2,1-2H3. The van der Waals surface area contributed by atoms with E-state index in [-0.39, 0.29) is 24.3 Å². The summed E-state index contributed by atoms with van der Waals surface area (Å²) in [6, 6.07) is 0. The Hall–Kier alpha value is -1.10. The van der Waals surface area contributed by atoms with Crippen LogP contribution in [0, 0.1) is 11.8 Å². The second-order valence-electron chi connectivity index (χ2n) is 5.14. The Bertz CT molecular complexity index is 313. The van der Waals surface area contributed by atoms with Crippen LogP contribution in [0.2, 0.25) is 0 Å². The highest BCUT2D eigenvalue weighted by Crippen LogP contribution is 2.38. The van der Waals surface area contributed by atoms with Crippen LogP contribution in [0.5, 0.6) is 0 Å². The van der Waals surface area contributed by atoms with E-state index in [1.165, 1.54) is 0 Å². The fraction of sp³-hybridized carbons (Fsp3) is 0.833. The zero-order valence-electron chi connectivity index (χ0n) is 10.6. The molecule has 5 nitrogen and oxygen atoms in total. The van der Waals surface area contributed by atoms with Gasteiger partial charge in [0.2, 0.25) is 11.8 Å². The normalized spacial score (nSPS) is 27.8. The van der Waals surface area contributed by atoms with Crippen molar-refractivity contribution in [3.8, 4) is 0 Å². The van der Waals surface area contributed by atoms with E-state index >= 15 is 0 Å². The van der Waals surface area contributed by atoms with E-state index in [0.29, 0.717) is 5.92 Å². The van der Waals surface area contributed by atoms with Crippen LogP contribution < -0.4 is 5.32 Å². The molecule has 5 heteroatoms. The van der Waals surface area contributed by atoms with Crippen molar-refractivity contribution in [2.75, 3.05) is 39.8 Å². The van der Waals surface area contributed by atoms with Crippen LogP contribution in [-0.4, -0.2) is 61.4 Å².